The highest BCUT2D eigenvalue weighted by Gasteiger charge is 2.29. The topological polar surface area (TPSA) is 87.9 Å². The van der Waals surface area contributed by atoms with Crippen molar-refractivity contribution in [1.82, 2.24) is 14.8 Å². The van der Waals surface area contributed by atoms with Crippen molar-refractivity contribution in [3.63, 3.8) is 0 Å². The van der Waals surface area contributed by atoms with E-state index in [0.29, 0.717) is 36.8 Å². The van der Waals surface area contributed by atoms with E-state index in [9.17, 15) is 9.59 Å². The SMILES string of the molecule is CC1CN(Cc2csc(NC(=O)C3CCN(C(=O)c4ccco4)CC3)n2)CC(C)O1. The Morgan fingerprint density at radius 3 is 2.63 bits per heavy atom. The monoisotopic (exact) mass is 432 g/mol. The number of piperidine rings is 1. The summed E-state index contributed by atoms with van der Waals surface area (Å²) in [5.74, 6) is 0.0982. The number of thiazole rings is 1. The maximum atomic E-state index is 12.7. The number of amides is 2. The van der Waals surface area contributed by atoms with E-state index in [1.807, 2.05) is 5.38 Å². The second-order valence-corrected chi connectivity index (χ2v) is 8.99. The maximum Gasteiger partial charge on any atom is 0.289 e. The molecular formula is C21H28N4O4S. The lowest BCUT2D eigenvalue weighted by Gasteiger charge is -2.34. The van der Waals surface area contributed by atoms with Gasteiger partial charge >= 0.3 is 0 Å². The van der Waals surface area contributed by atoms with E-state index < -0.39 is 0 Å². The molecule has 2 saturated heterocycles. The highest BCUT2D eigenvalue weighted by molar-refractivity contribution is 7.13. The van der Waals surface area contributed by atoms with Crippen molar-refractivity contribution < 1.29 is 18.7 Å². The molecule has 4 rings (SSSR count). The van der Waals surface area contributed by atoms with Gasteiger partial charge < -0.3 is 19.4 Å². The number of anilines is 1. The van der Waals surface area contributed by atoms with Crippen molar-refractivity contribution in [2.24, 2.45) is 5.92 Å². The Morgan fingerprint density at radius 1 is 1.23 bits per heavy atom. The van der Waals surface area contributed by atoms with Crippen molar-refractivity contribution in [3.8, 4) is 0 Å². The lowest BCUT2D eigenvalue weighted by Crippen LogP contribution is -2.44. The minimum absolute atomic E-state index is 0.0189. The smallest absolute Gasteiger partial charge is 0.289 e. The molecule has 9 heteroatoms. The summed E-state index contributed by atoms with van der Waals surface area (Å²) in [7, 11) is 0. The fraction of sp³-hybridized carbons (Fsp3) is 0.571. The molecule has 0 saturated carbocycles. The molecule has 2 atom stereocenters. The number of aromatic nitrogens is 1. The van der Waals surface area contributed by atoms with Crippen LogP contribution in [0.5, 0.6) is 0 Å². The molecule has 2 aliphatic heterocycles. The maximum absolute atomic E-state index is 12.7. The van der Waals surface area contributed by atoms with Crippen LogP contribution in [0.25, 0.3) is 0 Å². The molecule has 2 fully saturated rings. The van der Waals surface area contributed by atoms with Gasteiger partial charge in [-0.15, -0.1) is 11.3 Å². The average molecular weight is 433 g/mol. The van der Waals surface area contributed by atoms with Crippen LogP contribution in [-0.4, -0.2) is 65.0 Å². The molecule has 2 aromatic rings. The van der Waals surface area contributed by atoms with Crippen molar-refractivity contribution >= 4 is 28.3 Å². The number of ether oxygens (including phenoxy) is 1. The van der Waals surface area contributed by atoms with Gasteiger partial charge in [0.2, 0.25) is 5.91 Å². The van der Waals surface area contributed by atoms with Crippen molar-refractivity contribution in [1.29, 1.82) is 0 Å². The Balaban J connectivity index is 1.25. The minimum Gasteiger partial charge on any atom is -0.459 e. The summed E-state index contributed by atoms with van der Waals surface area (Å²) >= 11 is 1.46. The summed E-state index contributed by atoms with van der Waals surface area (Å²) in [4.78, 5) is 33.7. The second-order valence-electron chi connectivity index (χ2n) is 8.13. The molecule has 0 radical (unpaired) electrons. The Hall–Kier alpha value is -2.23. The molecule has 0 aromatic carbocycles. The van der Waals surface area contributed by atoms with E-state index in [-0.39, 0.29) is 29.9 Å². The zero-order valence-corrected chi connectivity index (χ0v) is 18.2. The zero-order valence-electron chi connectivity index (χ0n) is 17.4. The van der Waals surface area contributed by atoms with Crippen LogP contribution in [0, 0.1) is 5.92 Å². The molecule has 2 aromatic heterocycles. The Bertz CT molecular complexity index is 850. The van der Waals surface area contributed by atoms with Crippen LogP contribution < -0.4 is 5.32 Å². The molecule has 4 heterocycles. The van der Waals surface area contributed by atoms with Gasteiger partial charge in [-0.25, -0.2) is 4.98 Å². The van der Waals surface area contributed by atoms with E-state index in [1.165, 1.54) is 17.6 Å². The Labute approximate surface area is 180 Å². The summed E-state index contributed by atoms with van der Waals surface area (Å²) in [6.07, 6.45) is 3.21. The van der Waals surface area contributed by atoms with Crippen LogP contribution in [0.4, 0.5) is 5.13 Å². The van der Waals surface area contributed by atoms with Crippen LogP contribution in [0.2, 0.25) is 0 Å². The van der Waals surface area contributed by atoms with Crippen molar-refractivity contribution in [3.05, 3.63) is 35.2 Å². The fourth-order valence-electron chi connectivity index (χ4n) is 4.19. The normalized spacial score (nSPS) is 23.5. The molecule has 0 spiro atoms. The van der Waals surface area contributed by atoms with E-state index >= 15 is 0 Å². The number of carbonyl (C=O) groups excluding carboxylic acids is 2. The van der Waals surface area contributed by atoms with Gasteiger partial charge in [-0.05, 0) is 38.8 Å². The average Bonchev–Trinajstić information content (AvgIpc) is 3.39. The largest absolute Gasteiger partial charge is 0.459 e. The van der Waals surface area contributed by atoms with Gasteiger partial charge in [0.05, 0.1) is 24.2 Å². The summed E-state index contributed by atoms with van der Waals surface area (Å²) in [6, 6.07) is 3.37. The number of hydrogen-bond acceptors (Lipinski definition) is 7. The van der Waals surface area contributed by atoms with Gasteiger partial charge in [0.25, 0.3) is 5.91 Å². The van der Waals surface area contributed by atoms with Gasteiger partial charge in [0.15, 0.2) is 10.9 Å². The lowest BCUT2D eigenvalue weighted by molar-refractivity contribution is -0.121. The summed E-state index contributed by atoms with van der Waals surface area (Å²) < 4.78 is 11.0. The summed E-state index contributed by atoms with van der Waals surface area (Å²) in [6.45, 7) is 7.81. The van der Waals surface area contributed by atoms with E-state index in [2.05, 4.69) is 29.0 Å². The molecule has 1 N–H and O–H groups in total. The Kier molecular flexibility index (Phi) is 6.50. The molecule has 162 valence electrons. The first-order chi connectivity index (χ1) is 14.5. The van der Waals surface area contributed by atoms with Crippen molar-refractivity contribution in [2.75, 3.05) is 31.5 Å². The van der Waals surface area contributed by atoms with E-state index in [4.69, 9.17) is 9.15 Å². The third-order valence-electron chi connectivity index (χ3n) is 5.55. The van der Waals surface area contributed by atoms with Crippen LogP contribution in [0.1, 0.15) is 42.9 Å². The van der Waals surface area contributed by atoms with Crippen LogP contribution in [-0.2, 0) is 16.1 Å². The van der Waals surface area contributed by atoms with Gasteiger partial charge in [-0.1, -0.05) is 0 Å². The number of carbonyl (C=O) groups is 2. The number of hydrogen-bond donors (Lipinski definition) is 1. The quantitative estimate of drug-likeness (QED) is 0.782. The molecule has 2 unspecified atom stereocenters. The third-order valence-corrected chi connectivity index (χ3v) is 6.35. The number of rotatable bonds is 5. The number of nitrogens with zero attached hydrogens (tertiary/aromatic N) is 3. The molecule has 0 aliphatic carbocycles. The predicted molar refractivity (Wildman–Crippen MR) is 113 cm³/mol. The first-order valence-electron chi connectivity index (χ1n) is 10.4. The van der Waals surface area contributed by atoms with E-state index in [0.717, 1.165) is 25.3 Å². The third kappa shape index (κ3) is 5.08. The number of likely N-dealkylation sites (tertiary alicyclic amines) is 1. The van der Waals surface area contributed by atoms with Crippen molar-refractivity contribution in [2.45, 2.75) is 45.4 Å². The fourth-order valence-corrected chi connectivity index (χ4v) is 4.89. The lowest BCUT2D eigenvalue weighted by atomic mass is 9.96. The molecule has 30 heavy (non-hydrogen) atoms. The molecule has 2 aliphatic rings. The van der Waals surface area contributed by atoms with E-state index in [1.54, 1.807) is 17.0 Å². The summed E-state index contributed by atoms with van der Waals surface area (Å²) in [5.41, 5.74) is 0.968. The highest BCUT2D eigenvalue weighted by atomic mass is 32.1. The first kappa shape index (κ1) is 21.0. The second kappa shape index (κ2) is 9.28. The highest BCUT2D eigenvalue weighted by Crippen LogP contribution is 2.23. The minimum atomic E-state index is -0.116. The number of morpholine rings is 1. The number of nitrogens with one attached hydrogen (secondary N) is 1. The molecule has 2 amide bonds. The summed E-state index contributed by atoms with van der Waals surface area (Å²) in [5, 5.41) is 5.60. The van der Waals surface area contributed by atoms with Crippen LogP contribution in [0.3, 0.4) is 0 Å². The van der Waals surface area contributed by atoms with Gasteiger partial charge in [0, 0.05) is 44.0 Å². The van der Waals surface area contributed by atoms with Gasteiger partial charge in [0.1, 0.15) is 0 Å². The molecule has 0 bridgehead atoms. The van der Waals surface area contributed by atoms with Crippen LogP contribution >= 0.6 is 11.3 Å². The molecular weight excluding hydrogens is 404 g/mol. The van der Waals surface area contributed by atoms with Crippen LogP contribution in [0.15, 0.2) is 28.2 Å². The first-order valence-corrected chi connectivity index (χ1v) is 11.3. The molecule has 8 nitrogen and oxygen atoms in total. The van der Waals surface area contributed by atoms with Gasteiger partial charge in [-0.2, -0.15) is 0 Å². The van der Waals surface area contributed by atoms with Gasteiger partial charge in [-0.3, -0.25) is 14.5 Å². The predicted octanol–water partition coefficient (Wildman–Crippen LogP) is 2.84. The number of furan rings is 1. The standard InChI is InChI=1S/C21H28N4O4S/c1-14-10-24(11-15(2)29-14)12-17-13-30-21(22-17)23-19(26)16-5-7-25(8-6-16)20(27)18-4-3-9-28-18/h3-4,9,13-16H,5-8,10-12H2,1-2H3,(H,22,23,26). The Morgan fingerprint density at radius 2 is 1.97 bits per heavy atom. The zero-order chi connectivity index (χ0) is 21.1.